The normalized spacial score (nSPS) is 20.4. The van der Waals surface area contributed by atoms with Crippen LogP contribution in [-0.4, -0.2) is 79.9 Å². The number of rotatable bonds is 8. The van der Waals surface area contributed by atoms with Crippen LogP contribution >= 0.6 is 58.0 Å². The number of thiazole rings is 1. The zero-order valence-electron chi connectivity index (χ0n) is 16.9. The molecule has 2 atom stereocenters. The monoisotopic (exact) mass is 545 g/mol. The van der Waals surface area contributed by atoms with E-state index in [9.17, 15) is 19.5 Å². The number of aromatic nitrogens is 3. The summed E-state index contributed by atoms with van der Waals surface area (Å²) in [4.78, 5) is 47.6. The van der Waals surface area contributed by atoms with Gasteiger partial charge in [-0.15, -0.1) is 33.3 Å². The third kappa shape index (κ3) is 4.68. The number of nitrogen functional groups attached to an aromatic ring is 1. The molecule has 0 aromatic carbocycles. The first-order chi connectivity index (χ1) is 15.8. The summed E-state index contributed by atoms with van der Waals surface area (Å²) in [6, 6.07) is -1.43. The maximum absolute atomic E-state index is 12.9. The average molecular weight is 546 g/mol. The number of fused-ring (bicyclic) bond motifs is 1. The lowest BCUT2D eigenvalue weighted by Gasteiger charge is -2.49. The third-order valence-electron chi connectivity index (χ3n) is 4.43. The number of oxime groups is 1. The molecule has 4 N–H and O–H groups in total. The van der Waals surface area contributed by atoms with E-state index in [4.69, 9.17) is 10.6 Å². The van der Waals surface area contributed by atoms with Gasteiger partial charge in [0.25, 0.3) is 11.8 Å². The molecule has 2 aromatic rings. The zero-order chi connectivity index (χ0) is 23.7. The minimum atomic E-state index is -1.23. The molecular weight excluding hydrogens is 531 g/mol. The van der Waals surface area contributed by atoms with Crippen LogP contribution in [0.1, 0.15) is 5.69 Å². The van der Waals surface area contributed by atoms with Crippen LogP contribution in [0.2, 0.25) is 0 Å². The second kappa shape index (κ2) is 9.88. The summed E-state index contributed by atoms with van der Waals surface area (Å²) in [5, 5.41) is 26.0. The first kappa shape index (κ1) is 23.8. The van der Waals surface area contributed by atoms with E-state index in [-0.39, 0.29) is 22.2 Å². The molecule has 1 saturated heterocycles. The van der Waals surface area contributed by atoms with Gasteiger partial charge in [-0.2, -0.15) is 0 Å². The summed E-state index contributed by atoms with van der Waals surface area (Å²) in [6.07, 6.45) is 1.87. The number of anilines is 1. The molecule has 17 heteroatoms. The first-order valence-corrected chi connectivity index (χ1v) is 13.7. The van der Waals surface area contributed by atoms with Crippen LogP contribution in [0, 0.1) is 0 Å². The van der Waals surface area contributed by atoms with E-state index in [1.165, 1.54) is 46.9 Å². The fraction of sp³-hybridized carbons (Fsp3) is 0.312. The van der Waals surface area contributed by atoms with E-state index in [1.54, 1.807) is 5.38 Å². The highest BCUT2D eigenvalue weighted by Crippen LogP contribution is 2.47. The zero-order valence-corrected chi connectivity index (χ0v) is 21.0. The number of nitrogens with two attached hydrogens (primary N) is 1. The Morgan fingerprint density at radius 3 is 2.76 bits per heavy atom. The number of nitrogens with zero attached hydrogens (tertiary/aromatic N) is 5. The number of nitrogens with one attached hydrogen (secondary N) is 1. The maximum Gasteiger partial charge on any atom is 0.354 e. The molecule has 0 radical (unpaired) electrons. The van der Waals surface area contributed by atoms with Gasteiger partial charge in [0.2, 0.25) is 0 Å². The Hall–Kier alpha value is -2.34. The lowest BCUT2D eigenvalue weighted by atomic mass is 9.95. The molecule has 2 amide bonds. The number of hydrogen-bond donors (Lipinski definition) is 3. The molecule has 2 aliphatic heterocycles. The van der Waals surface area contributed by atoms with Crippen molar-refractivity contribution >= 4 is 86.6 Å². The molecule has 0 bridgehead atoms. The highest BCUT2D eigenvalue weighted by Gasteiger charge is 2.54. The van der Waals surface area contributed by atoms with E-state index in [2.05, 4.69) is 25.7 Å². The molecule has 2 aliphatic rings. The van der Waals surface area contributed by atoms with Crippen molar-refractivity contribution in [2.75, 3.05) is 24.9 Å². The second-order valence-electron chi connectivity index (χ2n) is 6.31. The lowest BCUT2D eigenvalue weighted by molar-refractivity contribution is -0.153. The fourth-order valence-corrected chi connectivity index (χ4v) is 7.76. The van der Waals surface area contributed by atoms with Crippen LogP contribution in [-0.2, 0) is 19.2 Å². The maximum atomic E-state index is 12.9. The number of carboxylic acid groups (broad SMARTS) is 1. The molecule has 4 heterocycles. The van der Waals surface area contributed by atoms with Crippen molar-refractivity contribution in [3.8, 4) is 0 Å². The standard InChI is InChI=1S/C16H15N7O5S5/c1-28-22-7(5-3-31-14(17)18-5)10(24)19-8-6-4-30-13(9(12(26)27)23(6)11(8)25)32-16-21-20-15(29-2)33-16/h3,6,8H,4H2,1-2H3,(H2,17,18)(H,19,24)(H,26,27). The van der Waals surface area contributed by atoms with Gasteiger partial charge < -0.3 is 21.0 Å². The molecular formula is C16H15N7O5S5. The van der Waals surface area contributed by atoms with Gasteiger partial charge >= 0.3 is 5.97 Å². The number of aliphatic carboxylic acids is 1. The Morgan fingerprint density at radius 2 is 2.15 bits per heavy atom. The van der Waals surface area contributed by atoms with E-state index >= 15 is 0 Å². The summed E-state index contributed by atoms with van der Waals surface area (Å²) in [6.45, 7) is 0. The van der Waals surface area contributed by atoms with Gasteiger partial charge in [0, 0.05) is 11.1 Å². The molecule has 33 heavy (non-hydrogen) atoms. The summed E-state index contributed by atoms with van der Waals surface area (Å²) < 4.78 is 1.78. The Labute approximate surface area is 207 Å². The van der Waals surface area contributed by atoms with Gasteiger partial charge in [0.1, 0.15) is 18.8 Å². The molecule has 0 spiro atoms. The third-order valence-corrected chi connectivity index (χ3v) is 9.50. The summed E-state index contributed by atoms with van der Waals surface area (Å²) in [5.74, 6) is -2.04. The summed E-state index contributed by atoms with van der Waals surface area (Å²) in [7, 11) is 1.28. The average Bonchev–Trinajstić information content (AvgIpc) is 3.43. The SMILES string of the molecule is CON=C(C(=O)NC1C(=O)N2C(C(=O)O)=C(Sc3nnc(SC)s3)SCC12)c1csc(N)n1. The Balaban J connectivity index is 1.52. The van der Waals surface area contributed by atoms with Gasteiger partial charge in [0.05, 0.1) is 10.3 Å². The predicted octanol–water partition coefficient (Wildman–Crippen LogP) is 1.14. The van der Waals surface area contributed by atoms with Crippen LogP contribution in [0.4, 0.5) is 5.13 Å². The lowest BCUT2D eigenvalue weighted by Crippen LogP contribution is -2.72. The van der Waals surface area contributed by atoms with E-state index < -0.39 is 29.9 Å². The fourth-order valence-electron chi connectivity index (χ4n) is 3.05. The van der Waals surface area contributed by atoms with Crippen molar-refractivity contribution in [1.29, 1.82) is 0 Å². The quantitative estimate of drug-likeness (QED) is 0.187. The first-order valence-electron chi connectivity index (χ1n) is 8.96. The van der Waals surface area contributed by atoms with Crippen molar-refractivity contribution in [3.05, 3.63) is 21.0 Å². The Morgan fingerprint density at radius 1 is 1.39 bits per heavy atom. The van der Waals surface area contributed by atoms with Gasteiger partial charge in [-0.25, -0.2) is 9.78 Å². The Bertz CT molecular complexity index is 1180. The topological polar surface area (TPSA) is 173 Å². The van der Waals surface area contributed by atoms with E-state index in [0.29, 0.717) is 14.3 Å². The Kier molecular flexibility index (Phi) is 7.13. The highest BCUT2D eigenvalue weighted by molar-refractivity contribution is 8.23. The molecule has 2 unspecified atom stereocenters. The molecule has 174 valence electrons. The van der Waals surface area contributed by atoms with Crippen molar-refractivity contribution in [1.82, 2.24) is 25.4 Å². The summed E-state index contributed by atoms with van der Waals surface area (Å²) in [5.41, 5.74) is 5.58. The van der Waals surface area contributed by atoms with Crippen LogP contribution in [0.3, 0.4) is 0 Å². The highest BCUT2D eigenvalue weighted by atomic mass is 32.2. The number of carboxylic acids is 1. The van der Waals surface area contributed by atoms with Crippen molar-refractivity contribution in [3.63, 3.8) is 0 Å². The van der Waals surface area contributed by atoms with E-state index in [1.807, 2.05) is 6.26 Å². The molecule has 4 rings (SSSR count). The molecule has 1 fully saturated rings. The van der Waals surface area contributed by atoms with Crippen molar-refractivity contribution < 1.29 is 24.3 Å². The van der Waals surface area contributed by atoms with Crippen LogP contribution < -0.4 is 11.1 Å². The molecule has 0 saturated carbocycles. The molecule has 12 nitrogen and oxygen atoms in total. The minimum Gasteiger partial charge on any atom is -0.477 e. The number of hydrogen-bond acceptors (Lipinski definition) is 14. The molecule has 2 aromatic heterocycles. The van der Waals surface area contributed by atoms with Gasteiger partial charge in [-0.3, -0.25) is 14.5 Å². The minimum absolute atomic E-state index is 0.129. The number of thioether (sulfide) groups is 3. The number of β-lactam (4-membered cyclic amide) rings is 1. The number of carbonyl (C=O) groups excluding carboxylic acids is 2. The molecule has 0 aliphatic carbocycles. The number of carbonyl (C=O) groups is 3. The summed E-state index contributed by atoms with van der Waals surface area (Å²) >= 11 is 6.37. The predicted molar refractivity (Wildman–Crippen MR) is 127 cm³/mol. The van der Waals surface area contributed by atoms with Crippen LogP contribution in [0.15, 0.2) is 29.1 Å². The van der Waals surface area contributed by atoms with Gasteiger partial charge in [0.15, 0.2) is 25.2 Å². The smallest absolute Gasteiger partial charge is 0.354 e. The number of amides is 2. The van der Waals surface area contributed by atoms with Crippen LogP contribution in [0.5, 0.6) is 0 Å². The van der Waals surface area contributed by atoms with Crippen molar-refractivity contribution in [2.24, 2.45) is 5.16 Å². The van der Waals surface area contributed by atoms with Gasteiger partial charge in [-0.05, 0) is 18.0 Å². The van der Waals surface area contributed by atoms with Crippen LogP contribution in [0.25, 0.3) is 0 Å². The van der Waals surface area contributed by atoms with E-state index in [0.717, 1.165) is 27.4 Å². The largest absolute Gasteiger partial charge is 0.477 e. The second-order valence-corrected chi connectivity index (χ2v) is 11.8. The van der Waals surface area contributed by atoms with Crippen molar-refractivity contribution in [2.45, 2.75) is 20.8 Å². The van der Waals surface area contributed by atoms with Gasteiger partial charge in [-0.1, -0.05) is 28.3 Å².